The van der Waals surface area contributed by atoms with Crippen LogP contribution in [0, 0.1) is 0 Å². The smallest absolute Gasteiger partial charge is 0.222 e. The maximum atomic E-state index is 12.3. The molecule has 0 bridgehead atoms. The molecule has 2 aliphatic heterocycles. The van der Waals surface area contributed by atoms with Gasteiger partial charge in [-0.15, -0.1) is 0 Å². The summed E-state index contributed by atoms with van der Waals surface area (Å²) in [5.41, 5.74) is 0. The minimum absolute atomic E-state index is 0.00368. The summed E-state index contributed by atoms with van der Waals surface area (Å²) in [6, 6.07) is -0.0950. The number of nitrogens with zero attached hydrogens (tertiary/aromatic N) is 1. The van der Waals surface area contributed by atoms with Gasteiger partial charge in [-0.05, 0) is 19.3 Å². The first-order chi connectivity index (χ1) is 11.5. The van der Waals surface area contributed by atoms with Crippen molar-refractivity contribution in [2.75, 3.05) is 26.3 Å². The molecule has 24 heavy (non-hydrogen) atoms. The highest BCUT2D eigenvalue weighted by atomic mass is 16.5. The summed E-state index contributed by atoms with van der Waals surface area (Å²) >= 11 is 0. The molecule has 2 N–H and O–H groups in total. The zero-order valence-electron chi connectivity index (χ0n) is 14.7. The molecule has 138 valence electrons. The normalized spacial score (nSPS) is 30.9. The summed E-state index contributed by atoms with van der Waals surface area (Å²) in [6.07, 6.45) is 2.08. The standard InChI is InChI=1S/C17H30N2O5/c1-3-7-18-16(21)8-13-5-6-14-15(24-13)11-23-10-12(20)9-19(14)17(22)4-2/h12-15,20H,3-11H2,1-2H3,(H,18,21)/t12-,13+,14-,15+/m1/s1. The molecule has 7 heteroatoms. The Morgan fingerprint density at radius 1 is 1.25 bits per heavy atom. The third-order valence-corrected chi connectivity index (χ3v) is 4.59. The number of carbonyl (C=O) groups is 2. The highest BCUT2D eigenvalue weighted by Gasteiger charge is 2.39. The molecule has 0 aliphatic carbocycles. The van der Waals surface area contributed by atoms with Gasteiger partial charge in [-0.25, -0.2) is 0 Å². The lowest BCUT2D eigenvalue weighted by Gasteiger charge is -2.44. The Morgan fingerprint density at radius 2 is 2.04 bits per heavy atom. The minimum atomic E-state index is -0.668. The predicted molar refractivity (Wildman–Crippen MR) is 88.4 cm³/mol. The Balaban J connectivity index is 1.98. The fraction of sp³-hybridized carbons (Fsp3) is 0.882. The van der Waals surface area contributed by atoms with Crippen LogP contribution in [0.1, 0.15) is 46.0 Å². The van der Waals surface area contributed by atoms with Gasteiger partial charge in [-0.1, -0.05) is 13.8 Å². The number of carbonyl (C=O) groups excluding carboxylic acids is 2. The van der Waals surface area contributed by atoms with E-state index in [1.54, 1.807) is 4.90 Å². The van der Waals surface area contributed by atoms with E-state index in [0.717, 1.165) is 19.3 Å². The Hall–Kier alpha value is -1.18. The maximum absolute atomic E-state index is 12.3. The monoisotopic (exact) mass is 342 g/mol. The molecular formula is C17H30N2O5. The molecular weight excluding hydrogens is 312 g/mol. The number of nitrogens with one attached hydrogen (secondary N) is 1. The van der Waals surface area contributed by atoms with E-state index in [0.29, 0.717) is 26.0 Å². The van der Waals surface area contributed by atoms with Crippen LogP contribution >= 0.6 is 0 Å². The number of fused-ring (bicyclic) bond motifs is 1. The third-order valence-electron chi connectivity index (χ3n) is 4.59. The van der Waals surface area contributed by atoms with E-state index in [2.05, 4.69) is 5.32 Å². The van der Waals surface area contributed by atoms with E-state index < -0.39 is 6.10 Å². The number of aliphatic hydroxyl groups excluding tert-OH is 1. The zero-order chi connectivity index (χ0) is 17.5. The molecule has 0 unspecified atom stereocenters. The SMILES string of the molecule is CCCNC(=O)C[C@@H]1CC[C@@H]2[C@H](COC[C@H](O)CN2C(=O)CC)O1. The quantitative estimate of drug-likeness (QED) is 0.757. The number of hydrogen-bond donors (Lipinski definition) is 2. The molecule has 2 heterocycles. The van der Waals surface area contributed by atoms with E-state index in [9.17, 15) is 14.7 Å². The average Bonchev–Trinajstić information content (AvgIpc) is 2.56. The van der Waals surface area contributed by atoms with E-state index >= 15 is 0 Å². The van der Waals surface area contributed by atoms with Gasteiger partial charge in [-0.2, -0.15) is 0 Å². The Morgan fingerprint density at radius 3 is 2.75 bits per heavy atom. The molecule has 0 aromatic carbocycles. The fourth-order valence-electron chi connectivity index (χ4n) is 3.37. The second-order valence-electron chi connectivity index (χ2n) is 6.59. The first-order valence-corrected chi connectivity index (χ1v) is 9.02. The van der Waals surface area contributed by atoms with Gasteiger partial charge < -0.3 is 24.8 Å². The molecule has 0 aromatic heterocycles. The summed E-state index contributed by atoms with van der Waals surface area (Å²) in [5.74, 6) is 0.0256. The largest absolute Gasteiger partial charge is 0.389 e. The van der Waals surface area contributed by atoms with E-state index in [1.165, 1.54) is 0 Å². The molecule has 2 saturated heterocycles. The Labute approximate surface area is 143 Å². The van der Waals surface area contributed by atoms with Gasteiger partial charge in [0.05, 0.1) is 37.9 Å². The van der Waals surface area contributed by atoms with Gasteiger partial charge in [-0.3, -0.25) is 9.59 Å². The van der Waals surface area contributed by atoms with Gasteiger partial charge in [0.15, 0.2) is 0 Å². The first-order valence-electron chi connectivity index (χ1n) is 9.02. The molecule has 0 aromatic rings. The van der Waals surface area contributed by atoms with Crippen LogP contribution in [0.5, 0.6) is 0 Å². The lowest BCUT2D eigenvalue weighted by atomic mass is 9.94. The number of aliphatic hydroxyl groups is 1. The summed E-state index contributed by atoms with van der Waals surface area (Å²) in [7, 11) is 0. The van der Waals surface area contributed by atoms with E-state index in [4.69, 9.17) is 9.47 Å². The van der Waals surface area contributed by atoms with Crippen molar-refractivity contribution in [3.63, 3.8) is 0 Å². The van der Waals surface area contributed by atoms with E-state index in [1.807, 2.05) is 13.8 Å². The molecule has 0 saturated carbocycles. The molecule has 7 nitrogen and oxygen atoms in total. The number of amides is 2. The van der Waals surface area contributed by atoms with Crippen molar-refractivity contribution < 1.29 is 24.2 Å². The highest BCUT2D eigenvalue weighted by molar-refractivity contribution is 5.77. The van der Waals surface area contributed by atoms with Crippen molar-refractivity contribution >= 4 is 11.8 Å². The molecule has 2 fully saturated rings. The van der Waals surface area contributed by atoms with Crippen molar-refractivity contribution in [2.45, 2.75) is 70.3 Å². The molecule has 2 amide bonds. The zero-order valence-corrected chi connectivity index (χ0v) is 14.7. The van der Waals surface area contributed by atoms with Crippen molar-refractivity contribution in [3.05, 3.63) is 0 Å². The third kappa shape index (κ3) is 5.16. The second-order valence-corrected chi connectivity index (χ2v) is 6.59. The molecule has 2 rings (SSSR count). The summed E-state index contributed by atoms with van der Waals surface area (Å²) in [6.45, 7) is 5.32. The fourth-order valence-corrected chi connectivity index (χ4v) is 3.37. The van der Waals surface area contributed by atoms with Crippen molar-refractivity contribution in [1.82, 2.24) is 10.2 Å². The number of rotatable bonds is 5. The van der Waals surface area contributed by atoms with Crippen LogP contribution in [0.3, 0.4) is 0 Å². The van der Waals surface area contributed by atoms with Crippen LogP contribution in [0.4, 0.5) is 0 Å². The van der Waals surface area contributed by atoms with Crippen molar-refractivity contribution in [1.29, 1.82) is 0 Å². The van der Waals surface area contributed by atoms with Crippen LogP contribution in [-0.4, -0.2) is 72.5 Å². The first kappa shape index (κ1) is 19.1. The molecule has 0 radical (unpaired) electrons. The maximum Gasteiger partial charge on any atom is 0.222 e. The molecule has 4 atom stereocenters. The Kier molecular flexibility index (Phi) is 7.45. The lowest BCUT2D eigenvalue weighted by molar-refractivity contribution is -0.169. The van der Waals surface area contributed by atoms with Gasteiger partial charge in [0, 0.05) is 19.5 Å². The van der Waals surface area contributed by atoms with Crippen LogP contribution in [-0.2, 0) is 19.1 Å². The predicted octanol–water partition coefficient (Wildman–Crippen LogP) is 0.449. The van der Waals surface area contributed by atoms with Gasteiger partial charge >= 0.3 is 0 Å². The van der Waals surface area contributed by atoms with Crippen LogP contribution in [0.25, 0.3) is 0 Å². The summed E-state index contributed by atoms with van der Waals surface area (Å²) < 4.78 is 11.6. The lowest BCUT2D eigenvalue weighted by Crippen LogP contribution is -2.57. The van der Waals surface area contributed by atoms with Crippen molar-refractivity contribution in [2.24, 2.45) is 0 Å². The molecule has 2 aliphatic rings. The molecule has 0 spiro atoms. The van der Waals surface area contributed by atoms with Crippen LogP contribution in [0.2, 0.25) is 0 Å². The topological polar surface area (TPSA) is 88.1 Å². The summed E-state index contributed by atoms with van der Waals surface area (Å²) in [5, 5.41) is 12.8. The highest BCUT2D eigenvalue weighted by Crippen LogP contribution is 2.28. The number of β-amino-alcohol motifs (C(OH)–C–C–N with tert-alkyl or cyclic N) is 1. The number of ether oxygens (including phenoxy) is 2. The van der Waals surface area contributed by atoms with Crippen molar-refractivity contribution in [3.8, 4) is 0 Å². The summed E-state index contributed by atoms with van der Waals surface area (Å²) in [4.78, 5) is 25.9. The number of hydrogen-bond acceptors (Lipinski definition) is 5. The minimum Gasteiger partial charge on any atom is -0.389 e. The van der Waals surface area contributed by atoms with Gasteiger partial charge in [0.1, 0.15) is 6.10 Å². The average molecular weight is 342 g/mol. The van der Waals surface area contributed by atoms with Gasteiger partial charge in [0.2, 0.25) is 11.8 Å². The second kappa shape index (κ2) is 9.34. The Bertz CT molecular complexity index is 431. The van der Waals surface area contributed by atoms with Crippen LogP contribution < -0.4 is 5.32 Å². The van der Waals surface area contributed by atoms with Gasteiger partial charge in [0.25, 0.3) is 0 Å². The van der Waals surface area contributed by atoms with E-state index in [-0.39, 0.29) is 43.2 Å². The van der Waals surface area contributed by atoms with Crippen LogP contribution in [0.15, 0.2) is 0 Å².